The van der Waals surface area contributed by atoms with Crippen molar-refractivity contribution < 1.29 is 22.7 Å². The summed E-state index contributed by atoms with van der Waals surface area (Å²) in [5.74, 6) is -0.354. The first-order valence-corrected chi connectivity index (χ1v) is 16.0. The lowest BCUT2D eigenvalue weighted by atomic mass is 10.0. The molecule has 3 aromatic carbocycles. The van der Waals surface area contributed by atoms with Gasteiger partial charge < -0.3 is 15.0 Å². The standard InChI is InChI=1S/C33H43N3O5S/c1-4-35-42(39,40)30-19-16-27(17-20-30)18-21-32(37)36(25-29-14-9-6-10-15-29)31(24-28-12-7-5-8-13-28)33(38)34-22-11-23-41-26(2)3/h5-10,12-17,19-20,26,31,35H,4,11,18,21-25H2,1-3H3,(H,34,38)/t31-/m1/s1. The molecule has 1 atom stereocenters. The Bertz CT molecular complexity index is 1350. The quantitative estimate of drug-likeness (QED) is 0.225. The highest BCUT2D eigenvalue weighted by molar-refractivity contribution is 7.89. The van der Waals surface area contributed by atoms with Crippen LogP contribution < -0.4 is 10.0 Å². The second-order valence-electron chi connectivity index (χ2n) is 10.4. The van der Waals surface area contributed by atoms with Crippen LogP contribution >= 0.6 is 0 Å². The van der Waals surface area contributed by atoms with Crippen molar-refractivity contribution >= 4 is 21.8 Å². The smallest absolute Gasteiger partial charge is 0.243 e. The van der Waals surface area contributed by atoms with E-state index in [1.54, 1.807) is 36.1 Å². The van der Waals surface area contributed by atoms with E-state index in [-0.39, 0.29) is 29.2 Å². The largest absolute Gasteiger partial charge is 0.379 e. The van der Waals surface area contributed by atoms with Crippen molar-refractivity contribution in [2.24, 2.45) is 0 Å². The Hall–Kier alpha value is -3.53. The van der Waals surface area contributed by atoms with Crippen molar-refractivity contribution in [1.29, 1.82) is 0 Å². The van der Waals surface area contributed by atoms with Gasteiger partial charge in [0.05, 0.1) is 11.0 Å². The maximum absolute atomic E-state index is 13.8. The van der Waals surface area contributed by atoms with Crippen LogP contribution in [0.4, 0.5) is 0 Å². The molecular weight excluding hydrogens is 550 g/mol. The number of rotatable bonds is 17. The number of carbonyl (C=O) groups excluding carboxylic acids is 2. The lowest BCUT2D eigenvalue weighted by molar-refractivity contribution is -0.141. The summed E-state index contributed by atoms with van der Waals surface area (Å²) < 4.78 is 32.7. The third-order valence-corrected chi connectivity index (χ3v) is 8.30. The molecule has 8 nitrogen and oxygen atoms in total. The summed E-state index contributed by atoms with van der Waals surface area (Å²) in [6.45, 7) is 7.27. The summed E-state index contributed by atoms with van der Waals surface area (Å²) in [6, 6.07) is 25.2. The van der Waals surface area contributed by atoms with Crippen LogP contribution in [-0.4, -0.2) is 57.0 Å². The second kappa shape index (κ2) is 16.8. The minimum Gasteiger partial charge on any atom is -0.379 e. The maximum atomic E-state index is 13.8. The van der Waals surface area contributed by atoms with Crippen LogP contribution in [0.3, 0.4) is 0 Å². The first kappa shape index (κ1) is 33.0. The van der Waals surface area contributed by atoms with E-state index in [1.165, 1.54) is 0 Å². The van der Waals surface area contributed by atoms with Crippen LogP contribution in [0.5, 0.6) is 0 Å². The van der Waals surface area contributed by atoms with Crippen molar-refractivity contribution in [3.8, 4) is 0 Å². The Labute approximate surface area is 250 Å². The molecule has 2 N–H and O–H groups in total. The van der Waals surface area contributed by atoms with Crippen LogP contribution in [0.25, 0.3) is 0 Å². The van der Waals surface area contributed by atoms with E-state index in [4.69, 9.17) is 4.74 Å². The van der Waals surface area contributed by atoms with Gasteiger partial charge in [-0.25, -0.2) is 13.1 Å². The fraction of sp³-hybridized carbons (Fsp3) is 0.394. The zero-order valence-electron chi connectivity index (χ0n) is 24.8. The summed E-state index contributed by atoms with van der Waals surface area (Å²) in [5, 5.41) is 3.03. The summed E-state index contributed by atoms with van der Waals surface area (Å²) in [4.78, 5) is 29.3. The minimum atomic E-state index is -3.55. The lowest BCUT2D eigenvalue weighted by Crippen LogP contribution is -2.50. The van der Waals surface area contributed by atoms with E-state index in [9.17, 15) is 18.0 Å². The van der Waals surface area contributed by atoms with Gasteiger partial charge in [0, 0.05) is 39.1 Å². The molecule has 0 aliphatic heterocycles. The van der Waals surface area contributed by atoms with Crippen LogP contribution in [0.2, 0.25) is 0 Å². The summed E-state index contributed by atoms with van der Waals surface area (Å²) in [5.41, 5.74) is 2.73. The van der Waals surface area contributed by atoms with Gasteiger partial charge in [-0.1, -0.05) is 79.7 Å². The third-order valence-electron chi connectivity index (χ3n) is 6.73. The van der Waals surface area contributed by atoms with E-state index in [1.807, 2.05) is 74.5 Å². The normalized spacial score (nSPS) is 12.2. The number of nitrogens with one attached hydrogen (secondary N) is 2. The number of ether oxygens (including phenoxy) is 1. The van der Waals surface area contributed by atoms with Crippen molar-refractivity contribution in [2.75, 3.05) is 19.7 Å². The van der Waals surface area contributed by atoms with E-state index in [0.29, 0.717) is 45.5 Å². The van der Waals surface area contributed by atoms with Gasteiger partial charge in [0.15, 0.2) is 0 Å². The number of aryl methyl sites for hydroxylation is 1. The number of nitrogens with zero attached hydrogens (tertiary/aromatic N) is 1. The zero-order chi connectivity index (χ0) is 30.4. The van der Waals surface area contributed by atoms with Crippen LogP contribution in [0, 0.1) is 0 Å². The van der Waals surface area contributed by atoms with Crippen molar-refractivity contribution in [1.82, 2.24) is 14.9 Å². The molecule has 0 aliphatic rings. The van der Waals surface area contributed by atoms with Gasteiger partial charge >= 0.3 is 0 Å². The van der Waals surface area contributed by atoms with Gasteiger partial charge in [0.2, 0.25) is 21.8 Å². The Kier molecular flexibility index (Phi) is 13.2. The molecule has 3 rings (SSSR count). The topological polar surface area (TPSA) is 105 Å². The van der Waals surface area contributed by atoms with E-state index < -0.39 is 16.1 Å². The number of hydrogen-bond acceptors (Lipinski definition) is 5. The highest BCUT2D eigenvalue weighted by atomic mass is 32.2. The molecule has 0 bridgehead atoms. The zero-order valence-corrected chi connectivity index (χ0v) is 25.6. The van der Waals surface area contributed by atoms with E-state index in [2.05, 4.69) is 10.0 Å². The molecule has 3 aromatic rings. The van der Waals surface area contributed by atoms with Crippen molar-refractivity contribution in [3.63, 3.8) is 0 Å². The molecule has 9 heteroatoms. The average Bonchev–Trinajstić information content (AvgIpc) is 2.98. The molecule has 0 aromatic heterocycles. The van der Waals surface area contributed by atoms with Crippen LogP contribution in [0.1, 0.15) is 50.3 Å². The van der Waals surface area contributed by atoms with Crippen LogP contribution in [0.15, 0.2) is 89.8 Å². The number of carbonyl (C=O) groups is 2. The second-order valence-corrected chi connectivity index (χ2v) is 12.2. The highest BCUT2D eigenvalue weighted by Gasteiger charge is 2.30. The number of sulfonamides is 1. The molecule has 0 saturated carbocycles. The first-order chi connectivity index (χ1) is 20.2. The van der Waals surface area contributed by atoms with Gasteiger partial charge in [0.25, 0.3) is 0 Å². The summed E-state index contributed by atoms with van der Waals surface area (Å²) in [6.07, 6.45) is 1.77. The molecule has 0 spiro atoms. The number of amides is 2. The number of benzene rings is 3. The van der Waals surface area contributed by atoms with Crippen molar-refractivity contribution in [2.45, 2.75) is 70.0 Å². The molecule has 0 aliphatic carbocycles. The lowest BCUT2D eigenvalue weighted by Gasteiger charge is -2.31. The molecular formula is C33H43N3O5S. The molecule has 0 fully saturated rings. The predicted octanol–water partition coefficient (Wildman–Crippen LogP) is 4.49. The monoisotopic (exact) mass is 593 g/mol. The van der Waals surface area contributed by atoms with Gasteiger partial charge in [-0.15, -0.1) is 0 Å². The van der Waals surface area contributed by atoms with Gasteiger partial charge in [0.1, 0.15) is 6.04 Å². The number of hydrogen-bond donors (Lipinski definition) is 2. The Balaban J connectivity index is 1.80. The third kappa shape index (κ3) is 10.7. The summed E-state index contributed by atoms with van der Waals surface area (Å²) in [7, 11) is -3.55. The van der Waals surface area contributed by atoms with Gasteiger partial charge in [-0.05, 0) is 55.5 Å². The Morgan fingerprint density at radius 1 is 0.857 bits per heavy atom. The molecule has 0 saturated heterocycles. The highest BCUT2D eigenvalue weighted by Crippen LogP contribution is 2.18. The van der Waals surface area contributed by atoms with Crippen LogP contribution in [-0.2, 0) is 43.7 Å². The maximum Gasteiger partial charge on any atom is 0.243 e. The predicted molar refractivity (Wildman–Crippen MR) is 165 cm³/mol. The fourth-order valence-electron chi connectivity index (χ4n) is 4.56. The average molecular weight is 594 g/mol. The van der Waals surface area contributed by atoms with Crippen molar-refractivity contribution in [3.05, 3.63) is 102 Å². The Morgan fingerprint density at radius 2 is 1.48 bits per heavy atom. The Morgan fingerprint density at radius 3 is 2.07 bits per heavy atom. The van der Waals surface area contributed by atoms with E-state index in [0.717, 1.165) is 16.7 Å². The molecule has 0 heterocycles. The van der Waals surface area contributed by atoms with Gasteiger partial charge in [-0.2, -0.15) is 0 Å². The molecule has 0 radical (unpaired) electrons. The molecule has 2 amide bonds. The summed E-state index contributed by atoms with van der Waals surface area (Å²) >= 11 is 0. The SMILES string of the molecule is CCNS(=O)(=O)c1ccc(CCC(=O)N(Cc2ccccc2)[C@H](Cc2ccccc2)C(=O)NCCCOC(C)C)cc1. The first-order valence-electron chi connectivity index (χ1n) is 14.5. The van der Waals surface area contributed by atoms with E-state index >= 15 is 0 Å². The van der Waals surface area contributed by atoms with Gasteiger partial charge in [-0.3, -0.25) is 9.59 Å². The molecule has 226 valence electrons. The molecule has 42 heavy (non-hydrogen) atoms. The molecule has 0 unspecified atom stereocenters. The minimum absolute atomic E-state index is 0.124. The fourth-order valence-corrected chi connectivity index (χ4v) is 5.60.